The third-order valence-electron chi connectivity index (χ3n) is 3.99. The van der Waals surface area contributed by atoms with Crippen LogP contribution in [-0.2, 0) is 0 Å². The fraction of sp³-hybridized carbons (Fsp3) is 0.235. The zero-order valence-electron chi connectivity index (χ0n) is 12.5. The number of aliphatic hydroxyl groups is 1. The summed E-state index contributed by atoms with van der Waals surface area (Å²) >= 11 is 0. The van der Waals surface area contributed by atoms with E-state index < -0.39 is 29.7 Å². The minimum absolute atomic E-state index is 0.0761. The van der Waals surface area contributed by atoms with Crippen molar-refractivity contribution in [1.82, 2.24) is 9.88 Å². The number of nitrogens with zero attached hydrogens (tertiary/aromatic N) is 3. The second kappa shape index (κ2) is 6.34. The first-order valence-electron chi connectivity index (χ1n) is 7.29. The number of aliphatic hydroxyl groups excluding tert-OH is 1. The van der Waals surface area contributed by atoms with Crippen LogP contribution in [0, 0.1) is 23.0 Å². The number of benzene rings is 1. The van der Waals surface area contributed by atoms with E-state index >= 15 is 0 Å². The van der Waals surface area contributed by atoms with Crippen LogP contribution in [0.3, 0.4) is 0 Å². The van der Waals surface area contributed by atoms with Gasteiger partial charge in [0.2, 0.25) is 0 Å². The van der Waals surface area contributed by atoms with Gasteiger partial charge in [0.05, 0.1) is 12.1 Å². The fourth-order valence-corrected chi connectivity index (χ4v) is 2.86. The number of aromatic nitrogens is 1. The number of β-amino-alcohol motifs (C(OH)–C–C–N with tert-alkyl or cyclic N) is 1. The maximum Gasteiger partial charge on any atom is 0.254 e. The van der Waals surface area contributed by atoms with E-state index in [1.165, 1.54) is 29.3 Å². The summed E-state index contributed by atoms with van der Waals surface area (Å²) in [6, 6.07) is 7.54. The molecule has 122 valence electrons. The summed E-state index contributed by atoms with van der Waals surface area (Å²) in [5, 5.41) is 18.8. The molecule has 2 atom stereocenters. The molecule has 1 aromatic carbocycles. The van der Waals surface area contributed by atoms with Crippen molar-refractivity contribution in [3.8, 4) is 6.07 Å². The summed E-state index contributed by atoms with van der Waals surface area (Å²) in [7, 11) is 0. The molecule has 1 fully saturated rings. The van der Waals surface area contributed by atoms with Crippen molar-refractivity contribution in [1.29, 1.82) is 5.26 Å². The number of pyridine rings is 1. The summed E-state index contributed by atoms with van der Waals surface area (Å²) in [6.07, 6.45) is 0.821. The molecule has 2 aromatic rings. The van der Waals surface area contributed by atoms with Gasteiger partial charge in [-0.25, -0.2) is 13.8 Å². The summed E-state index contributed by atoms with van der Waals surface area (Å²) < 4.78 is 26.6. The van der Waals surface area contributed by atoms with Crippen LogP contribution in [-0.4, -0.2) is 33.5 Å². The normalized spacial score (nSPS) is 20.0. The number of hydrogen-bond acceptors (Lipinski definition) is 4. The second-order valence-corrected chi connectivity index (χ2v) is 5.58. The number of carbonyl (C=O) groups is 1. The van der Waals surface area contributed by atoms with Gasteiger partial charge in [-0.15, -0.1) is 0 Å². The van der Waals surface area contributed by atoms with Crippen molar-refractivity contribution in [2.45, 2.75) is 18.6 Å². The van der Waals surface area contributed by atoms with E-state index in [2.05, 4.69) is 4.98 Å². The Hall–Kier alpha value is -2.85. The van der Waals surface area contributed by atoms with Crippen LogP contribution in [0.25, 0.3) is 0 Å². The predicted octanol–water partition coefficient (Wildman–Crippen LogP) is 2.18. The molecule has 3 rings (SSSR count). The van der Waals surface area contributed by atoms with Crippen LogP contribution in [0.5, 0.6) is 0 Å². The molecule has 2 unspecified atom stereocenters. The molecule has 0 radical (unpaired) electrons. The molecule has 2 heterocycles. The Morgan fingerprint density at radius 3 is 2.79 bits per heavy atom. The molecule has 5 nitrogen and oxygen atoms in total. The van der Waals surface area contributed by atoms with E-state index in [-0.39, 0.29) is 24.2 Å². The Kier molecular flexibility index (Phi) is 4.23. The number of amides is 1. The van der Waals surface area contributed by atoms with Gasteiger partial charge in [0.25, 0.3) is 5.91 Å². The number of rotatable bonds is 2. The van der Waals surface area contributed by atoms with Crippen molar-refractivity contribution in [3.05, 3.63) is 65.0 Å². The van der Waals surface area contributed by atoms with Crippen molar-refractivity contribution in [3.63, 3.8) is 0 Å². The van der Waals surface area contributed by atoms with Crippen LogP contribution in [0.2, 0.25) is 0 Å². The van der Waals surface area contributed by atoms with Crippen molar-refractivity contribution < 1.29 is 18.7 Å². The standard InChI is InChI=1S/C17H13F2N3O2/c18-14-2-1-10(6-15(14)19)16-7-13(23)9-22(16)17(24)11-3-4-21-12(5-11)8-20/h1-6,13,16,23H,7,9H2. The quantitative estimate of drug-likeness (QED) is 0.916. The number of hydrogen-bond donors (Lipinski definition) is 1. The van der Waals surface area contributed by atoms with Crippen LogP contribution in [0.15, 0.2) is 36.5 Å². The molecule has 1 aromatic heterocycles. The first-order chi connectivity index (χ1) is 11.5. The molecular formula is C17H13F2N3O2. The van der Waals surface area contributed by atoms with Crippen LogP contribution in [0.4, 0.5) is 8.78 Å². The summed E-state index contributed by atoms with van der Waals surface area (Å²) in [5.74, 6) is -2.37. The van der Waals surface area contributed by atoms with Crippen molar-refractivity contribution >= 4 is 5.91 Å². The van der Waals surface area contributed by atoms with Gasteiger partial charge in [-0.3, -0.25) is 4.79 Å². The molecule has 0 spiro atoms. The van der Waals surface area contributed by atoms with Crippen LogP contribution < -0.4 is 0 Å². The molecule has 1 saturated heterocycles. The Morgan fingerprint density at radius 2 is 2.08 bits per heavy atom. The lowest BCUT2D eigenvalue weighted by atomic mass is 10.0. The largest absolute Gasteiger partial charge is 0.391 e. The smallest absolute Gasteiger partial charge is 0.254 e. The van der Waals surface area contributed by atoms with Gasteiger partial charge >= 0.3 is 0 Å². The van der Waals surface area contributed by atoms with E-state index in [0.29, 0.717) is 5.56 Å². The predicted molar refractivity (Wildman–Crippen MR) is 79.7 cm³/mol. The molecule has 24 heavy (non-hydrogen) atoms. The maximum absolute atomic E-state index is 13.5. The highest BCUT2D eigenvalue weighted by molar-refractivity contribution is 5.94. The van der Waals surface area contributed by atoms with Crippen LogP contribution in [0.1, 0.15) is 34.1 Å². The zero-order valence-corrected chi connectivity index (χ0v) is 12.5. The van der Waals surface area contributed by atoms with E-state index in [4.69, 9.17) is 5.26 Å². The number of nitriles is 1. The highest BCUT2D eigenvalue weighted by Gasteiger charge is 2.36. The third-order valence-corrected chi connectivity index (χ3v) is 3.99. The van der Waals surface area contributed by atoms with Gasteiger partial charge in [-0.05, 0) is 36.2 Å². The average Bonchev–Trinajstić information content (AvgIpc) is 2.98. The van der Waals surface area contributed by atoms with E-state index in [0.717, 1.165) is 12.1 Å². The number of likely N-dealkylation sites (tertiary alicyclic amines) is 1. The van der Waals surface area contributed by atoms with E-state index in [1.54, 1.807) is 0 Å². The summed E-state index contributed by atoms with van der Waals surface area (Å²) in [6.45, 7) is 0.0761. The Morgan fingerprint density at radius 1 is 1.29 bits per heavy atom. The molecule has 1 aliphatic heterocycles. The van der Waals surface area contributed by atoms with E-state index in [1.807, 2.05) is 6.07 Å². The average molecular weight is 329 g/mol. The Labute approximate surface area is 136 Å². The highest BCUT2D eigenvalue weighted by Crippen LogP contribution is 2.34. The minimum Gasteiger partial charge on any atom is -0.391 e. The number of halogens is 2. The SMILES string of the molecule is N#Cc1cc(C(=O)N2CC(O)CC2c2ccc(F)c(F)c2)ccn1. The zero-order chi connectivity index (χ0) is 17.3. The minimum atomic E-state index is -1.00. The van der Waals surface area contributed by atoms with Gasteiger partial charge in [-0.2, -0.15) is 5.26 Å². The van der Waals surface area contributed by atoms with Gasteiger partial charge in [0.15, 0.2) is 11.6 Å². The van der Waals surface area contributed by atoms with Gasteiger partial charge in [0.1, 0.15) is 11.8 Å². The lowest BCUT2D eigenvalue weighted by Gasteiger charge is -2.25. The second-order valence-electron chi connectivity index (χ2n) is 5.58. The molecule has 1 aliphatic rings. The fourth-order valence-electron chi connectivity index (χ4n) is 2.86. The van der Waals surface area contributed by atoms with E-state index in [9.17, 15) is 18.7 Å². The van der Waals surface area contributed by atoms with Gasteiger partial charge in [-0.1, -0.05) is 6.07 Å². The molecular weight excluding hydrogens is 316 g/mol. The van der Waals surface area contributed by atoms with Crippen LogP contribution >= 0.6 is 0 Å². The Bertz CT molecular complexity index is 835. The monoisotopic (exact) mass is 329 g/mol. The third kappa shape index (κ3) is 2.96. The Balaban J connectivity index is 1.93. The molecule has 0 bridgehead atoms. The first kappa shape index (κ1) is 16.0. The van der Waals surface area contributed by atoms with Gasteiger partial charge < -0.3 is 10.0 Å². The maximum atomic E-state index is 13.5. The van der Waals surface area contributed by atoms with Crippen molar-refractivity contribution in [2.75, 3.05) is 6.54 Å². The summed E-state index contributed by atoms with van der Waals surface area (Å²) in [4.78, 5) is 17.9. The molecule has 7 heteroatoms. The van der Waals surface area contributed by atoms with Gasteiger partial charge in [0, 0.05) is 18.3 Å². The topological polar surface area (TPSA) is 77.2 Å². The lowest BCUT2D eigenvalue weighted by Crippen LogP contribution is -2.32. The lowest BCUT2D eigenvalue weighted by molar-refractivity contribution is 0.0715. The molecule has 1 N–H and O–H groups in total. The summed E-state index contributed by atoms with van der Waals surface area (Å²) in [5.41, 5.74) is 0.765. The number of carbonyl (C=O) groups excluding carboxylic acids is 1. The molecule has 1 amide bonds. The van der Waals surface area contributed by atoms with Crippen molar-refractivity contribution in [2.24, 2.45) is 0 Å². The first-order valence-corrected chi connectivity index (χ1v) is 7.29. The molecule has 0 saturated carbocycles. The molecule has 0 aliphatic carbocycles. The highest BCUT2D eigenvalue weighted by atomic mass is 19.2.